The van der Waals surface area contributed by atoms with Crippen LogP contribution in [-0.4, -0.2) is 5.78 Å². The summed E-state index contributed by atoms with van der Waals surface area (Å²) < 4.78 is 0. The molecular weight excluding hydrogens is 131 g/mol. The predicted molar refractivity (Wildman–Crippen MR) is 43.0 cm³/mol. The van der Waals surface area contributed by atoms with Crippen LogP contribution in [0.15, 0.2) is 0 Å². The minimum absolute atomic E-state index is 0. The van der Waals surface area contributed by atoms with Crippen molar-refractivity contribution in [2.24, 2.45) is 5.92 Å². The first-order valence-electron chi connectivity index (χ1n) is 4.34. The van der Waals surface area contributed by atoms with Gasteiger partial charge in [-0.15, -0.1) is 0 Å². The molecule has 1 aliphatic rings. The van der Waals surface area contributed by atoms with Gasteiger partial charge in [0, 0.05) is 12.8 Å². The molecule has 0 aromatic rings. The van der Waals surface area contributed by atoms with Gasteiger partial charge in [0.1, 0.15) is 5.78 Å². The minimum atomic E-state index is 0. The third-order valence-corrected chi connectivity index (χ3v) is 2.31. The van der Waals surface area contributed by atoms with Gasteiger partial charge in [-0.2, -0.15) is 0 Å². The van der Waals surface area contributed by atoms with Crippen LogP contribution >= 0.6 is 0 Å². The molecule has 0 amide bonds. The van der Waals surface area contributed by atoms with Crippen LogP contribution in [0.3, 0.4) is 0 Å². The number of carbonyl (C=O) groups is 1. The smallest absolute Gasteiger partial charge is 1.00 e. The van der Waals surface area contributed by atoms with Gasteiger partial charge in [0.2, 0.25) is 0 Å². The van der Waals surface area contributed by atoms with Crippen molar-refractivity contribution in [3.63, 3.8) is 0 Å². The summed E-state index contributed by atoms with van der Waals surface area (Å²) in [5, 5.41) is 0. The Morgan fingerprint density at radius 3 is 2.82 bits per heavy atom. The van der Waals surface area contributed by atoms with Crippen molar-refractivity contribution in [1.29, 1.82) is 0 Å². The maximum atomic E-state index is 10.8. The van der Waals surface area contributed by atoms with Gasteiger partial charge in [0.05, 0.1) is 0 Å². The standard InChI is InChI=1S/C9H16O.Li.H/c1-2-3-4-8-5-6-9(10)7-8;;/h8H,2-7H2,1H3;;/q;+1;-1. The van der Waals surface area contributed by atoms with Crippen LogP contribution in [0.1, 0.15) is 46.9 Å². The molecule has 0 saturated heterocycles. The summed E-state index contributed by atoms with van der Waals surface area (Å²) in [6, 6.07) is 0. The van der Waals surface area contributed by atoms with E-state index in [1.165, 1.54) is 25.7 Å². The molecule has 0 aromatic heterocycles. The number of carbonyl (C=O) groups excluding carboxylic acids is 1. The van der Waals surface area contributed by atoms with Gasteiger partial charge in [0.25, 0.3) is 0 Å². The largest absolute Gasteiger partial charge is 1.00 e. The third kappa shape index (κ3) is 3.99. The summed E-state index contributed by atoms with van der Waals surface area (Å²) in [4.78, 5) is 10.8. The summed E-state index contributed by atoms with van der Waals surface area (Å²) in [5.41, 5.74) is 0. The minimum Gasteiger partial charge on any atom is -1.00 e. The summed E-state index contributed by atoms with van der Waals surface area (Å²) in [5.74, 6) is 1.23. The molecule has 1 rings (SSSR count). The fourth-order valence-electron chi connectivity index (χ4n) is 1.63. The molecule has 0 aliphatic heterocycles. The van der Waals surface area contributed by atoms with Crippen molar-refractivity contribution in [3.8, 4) is 0 Å². The molecule has 1 fully saturated rings. The van der Waals surface area contributed by atoms with Crippen molar-refractivity contribution >= 4 is 5.78 Å². The van der Waals surface area contributed by atoms with Crippen molar-refractivity contribution < 1.29 is 25.1 Å². The molecule has 0 heterocycles. The van der Waals surface area contributed by atoms with E-state index in [1.54, 1.807) is 0 Å². The van der Waals surface area contributed by atoms with Gasteiger partial charge in [-0.3, -0.25) is 4.79 Å². The summed E-state index contributed by atoms with van der Waals surface area (Å²) in [6.45, 7) is 2.21. The number of ketones is 1. The van der Waals surface area contributed by atoms with Crippen molar-refractivity contribution in [1.82, 2.24) is 0 Å². The van der Waals surface area contributed by atoms with E-state index < -0.39 is 0 Å². The van der Waals surface area contributed by atoms with Gasteiger partial charge in [-0.1, -0.05) is 26.2 Å². The molecule has 0 radical (unpaired) electrons. The zero-order chi connectivity index (χ0) is 7.40. The Kier molecular flexibility index (Phi) is 6.00. The summed E-state index contributed by atoms with van der Waals surface area (Å²) in [7, 11) is 0. The molecule has 1 atom stereocenters. The van der Waals surface area contributed by atoms with E-state index in [-0.39, 0.29) is 20.3 Å². The Morgan fingerprint density at radius 1 is 1.64 bits per heavy atom. The second-order valence-corrected chi connectivity index (χ2v) is 3.29. The SMILES string of the molecule is CCCCC1CCC(=O)C1.[H-].[Li+]. The third-order valence-electron chi connectivity index (χ3n) is 2.31. The second kappa shape index (κ2) is 5.86. The van der Waals surface area contributed by atoms with Crippen molar-refractivity contribution in [3.05, 3.63) is 0 Å². The van der Waals surface area contributed by atoms with Crippen LogP contribution in [0.25, 0.3) is 0 Å². The Labute approximate surface area is 82.6 Å². The Bertz CT molecular complexity index is 128. The van der Waals surface area contributed by atoms with Crippen LogP contribution in [0, 0.1) is 5.92 Å². The Morgan fingerprint density at radius 2 is 2.36 bits per heavy atom. The normalized spacial score (nSPS) is 23.4. The van der Waals surface area contributed by atoms with E-state index in [2.05, 4.69) is 6.92 Å². The molecule has 11 heavy (non-hydrogen) atoms. The molecule has 1 aliphatic carbocycles. The van der Waals surface area contributed by atoms with Crippen LogP contribution in [0.5, 0.6) is 0 Å². The van der Waals surface area contributed by atoms with E-state index in [0.717, 1.165) is 18.8 Å². The van der Waals surface area contributed by atoms with E-state index in [4.69, 9.17) is 0 Å². The second-order valence-electron chi connectivity index (χ2n) is 3.29. The molecular formula is C9H17LiO. The first-order valence-corrected chi connectivity index (χ1v) is 4.34. The van der Waals surface area contributed by atoms with Gasteiger partial charge in [-0.25, -0.2) is 0 Å². The van der Waals surface area contributed by atoms with Gasteiger partial charge < -0.3 is 1.43 Å². The molecule has 1 saturated carbocycles. The van der Waals surface area contributed by atoms with Gasteiger partial charge in [0.15, 0.2) is 0 Å². The van der Waals surface area contributed by atoms with Crippen LogP contribution in [0.4, 0.5) is 0 Å². The average Bonchev–Trinajstić information content (AvgIpc) is 2.31. The number of hydrogen-bond donors (Lipinski definition) is 0. The molecule has 60 valence electrons. The fourth-order valence-corrected chi connectivity index (χ4v) is 1.63. The maximum Gasteiger partial charge on any atom is 1.00 e. The van der Waals surface area contributed by atoms with E-state index in [0.29, 0.717) is 5.78 Å². The quantitative estimate of drug-likeness (QED) is 0.500. The molecule has 0 N–H and O–H groups in total. The number of hydrogen-bond acceptors (Lipinski definition) is 1. The Balaban J connectivity index is 0. The fraction of sp³-hybridized carbons (Fsp3) is 0.889. The summed E-state index contributed by atoms with van der Waals surface area (Å²) >= 11 is 0. The topological polar surface area (TPSA) is 17.1 Å². The molecule has 1 unspecified atom stereocenters. The molecule has 2 heteroatoms. The van der Waals surface area contributed by atoms with Gasteiger partial charge in [-0.05, 0) is 12.3 Å². The van der Waals surface area contributed by atoms with Crippen LogP contribution in [0.2, 0.25) is 0 Å². The number of unbranched alkanes of at least 4 members (excludes halogenated alkanes) is 1. The zero-order valence-corrected chi connectivity index (χ0v) is 7.73. The number of Topliss-reactive ketones (excluding diaryl/α,β-unsaturated/α-hetero) is 1. The van der Waals surface area contributed by atoms with E-state index >= 15 is 0 Å². The Hall–Kier alpha value is 0.267. The van der Waals surface area contributed by atoms with E-state index in [1.807, 2.05) is 0 Å². The monoisotopic (exact) mass is 148 g/mol. The molecule has 0 bridgehead atoms. The molecule has 0 aromatic carbocycles. The number of rotatable bonds is 3. The first kappa shape index (κ1) is 11.3. The zero-order valence-electron chi connectivity index (χ0n) is 8.73. The maximum absolute atomic E-state index is 10.8. The predicted octanol–water partition coefficient (Wildman–Crippen LogP) is -0.338. The van der Waals surface area contributed by atoms with Crippen LogP contribution in [-0.2, 0) is 4.79 Å². The van der Waals surface area contributed by atoms with Crippen molar-refractivity contribution in [2.75, 3.05) is 0 Å². The summed E-state index contributed by atoms with van der Waals surface area (Å²) in [6.07, 6.45) is 6.75. The molecule has 1 nitrogen and oxygen atoms in total. The molecule has 0 spiro atoms. The van der Waals surface area contributed by atoms with E-state index in [9.17, 15) is 4.79 Å². The van der Waals surface area contributed by atoms with Crippen LogP contribution < -0.4 is 18.9 Å². The average molecular weight is 148 g/mol. The van der Waals surface area contributed by atoms with Gasteiger partial charge >= 0.3 is 18.9 Å². The first-order chi connectivity index (χ1) is 4.83. The van der Waals surface area contributed by atoms with Crippen molar-refractivity contribution in [2.45, 2.75) is 45.4 Å².